The molecule has 15 heavy (non-hydrogen) atoms. The van der Waals surface area contributed by atoms with Crippen LogP contribution in [0.15, 0.2) is 0 Å². The summed E-state index contributed by atoms with van der Waals surface area (Å²) in [4.78, 5) is 33.1. The molecule has 1 aliphatic heterocycles. The van der Waals surface area contributed by atoms with Gasteiger partial charge in [0.25, 0.3) is 0 Å². The lowest BCUT2D eigenvalue weighted by molar-refractivity contribution is -0.146. The van der Waals surface area contributed by atoms with Crippen LogP contribution in [0.2, 0.25) is 0 Å². The summed E-state index contributed by atoms with van der Waals surface area (Å²) < 4.78 is 0. The van der Waals surface area contributed by atoms with Gasteiger partial charge >= 0.3 is 5.97 Å². The molecule has 1 saturated heterocycles. The summed E-state index contributed by atoms with van der Waals surface area (Å²) in [5.41, 5.74) is -1.32. The molecule has 6 heteroatoms. The molecule has 1 fully saturated rings. The molecule has 1 atom stereocenters. The second-order valence-electron chi connectivity index (χ2n) is 4.08. The highest BCUT2D eigenvalue weighted by Crippen LogP contribution is 2.09. The van der Waals surface area contributed by atoms with Gasteiger partial charge in [-0.1, -0.05) is 0 Å². The number of aliphatic carboxylic acids is 1. The van der Waals surface area contributed by atoms with E-state index in [1.165, 1.54) is 13.8 Å². The van der Waals surface area contributed by atoms with E-state index in [0.29, 0.717) is 12.8 Å². The maximum atomic E-state index is 11.5. The van der Waals surface area contributed by atoms with Crippen LogP contribution >= 0.6 is 0 Å². The number of amides is 2. The topological polar surface area (TPSA) is 95.5 Å². The number of nitrogens with one attached hydrogen (secondary N) is 2. The van der Waals surface area contributed by atoms with E-state index in [4.69, 9.17) is 5.11 Å². The Hall–Kier alpha value is -1.59. The monoisotopic (exact) mass is 214 g/mol. The zero-order valence-corrected chi connectivity index (χ0v) is 8.66. The van der Waals surface area contributed by atoms with E-state index in [2.05, 4.69) is 10.6 Å². The molecule has 0 spiro atoms. The molecule has 0 saturated carbocycles. The van der Waals surface area contributed by atoms with E-state index in [9.17, 15) is 14.4 Å². The Kier molecular flexibility index (Phi) is 2.97. The molecule has 0 aromatic rings. The molecule has 0 aliphatic carbocycles. The summed E-state index contributed by atoms with van der Waals surface area (Å²) in [6.07, 6.45) is 0.728. The first kappa shape index (κ1) is 11.5. The average molecular weight is 214 g/mol. The maximum absolute atomic E-state index is 11.5. The summed E-state index contributed by atoms with van der Waals surface area (Å²) in [7, 11) is 0. The first-order chi connectivity index (χ1) is 6.83. The Morgan fingerprint density at radius 2 is 2.13 bits per heavy atom. The van der Waals surface area contributed by atoms with Crippen LogP contribution in [0.3, 0.4) is 0 Å². The van der Waals surface area contributed by atoms with Gasteiger partial charge in [0.15, 0.2) is 0 Å². The van der Waals surface area contributed by atoms with Crippen LogP contribution in [-0.4, -0.2) is 34.5 Å². The fourth-order valence-corrected chi connectivity index (χ4v) is 1.26. The van der Waals surface area contributed by atoms with Gasteiger partial charge in [-0.15, -0.1) is 0 Å². The van der Waals surface area contributed by atoms with E-state index in [-0.39, 0.29) is 5.91 Å². The Labute approximate surface area is 87.0 Å². The minimum Gasteiger partial charge on any atom is -0.480 e. The van der Waals surface area contributed by atoms with Gasteiger partial charge in [0, 0.05) is 6.42 Å². The van der Waals surface area contributed by atoms with Crippen molar-refractivity contribution in [1.82, 2.24) is 10.6 Å². The van der Waals surface area contributed by atoms with Gasteiger partial charge in [-0.25, -0.2) is 4.79 Å². The predicted octanol–water partition coefficient (Wildman–Crippen LogP) is -0.756. The van der Waals surface area contributed by atoms with E-state index >= 15 is 0 Å². The first-order valence-electron chi connectivity index (χ1n) is 4.68. The molecule has 1 aliphatic rings. The quantitative estimate of drug-likeness (QED) is 0.575. The van der Waals surface area contributed by atoms with Crippen molar-refractivity contribution in [1.29, 1.82) is 0 Å². The van der Waals surface area contributed by atoms with Crippen molar-refractivity contribution in [2.75, 3.05) is 0 Å². The SMILES string of the molecule is CC(C)(NC(=O)[C@@H]1CCC(=O)N1)C(=O)O. The Morgan fingerprint density at radius 3 is 2.53 bits per heavy atom. The fourth-order valence-electron chi connectivity index (χ4n) is 1.26. The lowest BCUT2D eigenvalue weighted by Crippen LogP contribution is -2.54. The van der Waals surface area contributed by atoms with Gasteiger partial charge < -0.3 is 15.7 Å². The molecule has 0 aromatic heterocycles. The standard InChI is InChI=1S/C9H14N2O4/c1-9(2,8(14)15)11-7(13)5-3-4-6(12)10-5/h5H,3-4H2,1-2H3,(H,10,12)(H,11,13)(H,14,15)/t5-/m0/s1. The molecule has 2 amide bonds. The van der Waals surface area contributed by atoms with Crippen molar-refractivity contribution in [2.24, 2.45) is 0 Å². The van der Waals surface area contributed by atoms with Crippen LogP contribution in [0, 0.1) is 0 Å². The van der Waals surface area contributed by atoms with Gasteiger partial charge in [0.1, 0.15) is 11.6 Å². The number of carboxylic acid groups (broad SMARTS) is 1. The van der Waals surface area contributed by atoms with Gasteiger partial charge in [0.2, 0.25) is 11.8 Å². The molecule has 1 heterocycles. The lowest BCUT2D eigenvalue weighted by atomic mass is 10.1. The highest BCUT2D eigenvalue weighted by molar-refractivity contribution is 5.93. The summed E-state index contributed by atoms with van der Waals surface area (Å²) in [5, 5.41) is 13.6. The highest BCUT2D eigenvalue weighted by Gasteiger charge is 2.34. The number of carbonyl (C=O) groups is 3. The van der Waals surface area contributed by atoms with Gasteiger partial charge in [-0.05, 0) is 20.3 Å². The molecule has 0 unspecified atom stereocenters. The molecule has 0 radical (unpaired) electrons. The molecule has 0 bridgehead atoms. The minimum atomic E-state index is -1.32. The van der Waals surface area contributed by atoms with Crippen molar-refractivity contribution in [3.8, 4) is 0 Å². The van der Waals surface area contributed by atoms with Crippen molar-refractivity contribution in [3.63, 3.8) is 0 Å². The molecule has 84 valence electrons. The van der Waals surface area contributed by atoms with Crippen LogP contribution in [0.1, 0.15) is 26.7 Å². The normalized spacial score (nSPS) is 20.9. The van der Waals surface area contributed by atoms with Crippen LogP contribution < -0.4 is 10.6 Å². The molecule has 1 rings (SSSR count). The number of rotatable bonds is 3. The third-order valence-corrected chi connectivity index (χ3v) is 2.28. The highest BCUT2D eigenvalue weighted by atomic mass is 16.4. The molecule has 6 nitrogen and oxygen atoms in total. The van der Waals surface area contributed by atoms with Crippen LogP contribution in [-0.2, 0) is 14.4 Å². The predicted molar refractivity (Wildman–Crippen MR) is 51.0 cm³/mol. The second kappa shape index (κ2) is 3.88. The van der Waals surface area contributed by atoms with Crippen molar-refractivity contribution in [2.45, 2.75) is 38.3 Å². The molecule has 0 aromatic carbocycles. The van der Waals surface area contributed by atoms with Crippen LogP contribution in [0.5, 0.6) is 0 Å². The zero-order valence-electron chi connectivity index (χ0n) is 8.66. The smallest absolute Gasteiger partial charge is 0.328 e. The summed E-state index contributed by atoms with van der Waals surface area (Å²) in [5.74, 6) is -1.74. The third kappa shape index (κ3) is 2.68. The maximum Gasteiger partial charge on any atom is 0.328 e. The Morgan fingerprint density at radius 1 is 1.53 bits per heavy atom. The Bertz CT molecular complexity index is 311. The number of carboxylic acids is 1. The zero-order chi connectivity index (χ0) is 11.6. The van der Waals surface area contributed by atoms with E-state index < -0.39 is 23.5 Å². The van der Waals surface area contributed by atoms with E-state index in [1.54, 1.807) is 0 Å². The Balaban J connectivity index is 2.56. The van der Waals surface area contributed by atoms with Crippen molar-refractivity contribution >= 4 is 17.8 Å². The summed E-state index contributed by atoms with van der Waals surface area (Å²) in [6.45, 7) is 2.79. The second-order valence-corrected chi connectivity index (χ2v) is 4.08. The summed E-state index contributed by atoms with van der Waals surface area (Å²) >= 11 is 0. The average Bonchev–Trinajstić information content (AvgIpc) is 2.50. The molecule has 3 N–H and O–H groups in total. The lowest BCUT2D eigenvalue weighted by Gasteiger charge is -2.23. The molecular formula is C9H14N2O4. The first-order valence-corrected chi connectivity index (χ1v) is 4.68. The number of hydrogen-bond acceptors (Lipinski definition) is 3. The van der Waals surface area contributed by atoms with Gasteiger partial charge in [0.05, 0.1) is 0 Å². The fraction of sp³-hybridized carbons (Fsp3) is 0.667. The molecular weight excluding hydrogens is 200 g/mol. The van der Waals surface area contributed by atoms with Crippen LogP contribution in [0.25, 0.3) is 0 Å². The van der Waals surface area contributed by atoms with E-state index in [0.717, 1.165) is 0 Å². The van der Waals surface area contributed by atoms with Crippen LogP contribution in [0.4, 0.5) is 0 Å². The van der Waals surface area contributed by atoms with Crippen molar-refractivity contribution in [3.05, 3.63) is 0 Å². The third-order valence-electron chi connectivity index (χ3n) is 2.28. The largest absolute Gasteiger partial charge is 0.480 e. The van der Waals surface area contributed by atoms with Gasteiger partial charge in [-0.2, -0.15) is 0 Å². The minimum absolute atomic E-state index is 0.178. The van der Waals surface area contributed by atoms with E-state index in [1.807, 2.05) is 0 Å². The number of carbonyl (C=O) groups excluding carboxylic acids is 2. The van der Waals surface area contributed by atoms with Crippen molar-refractivity contribution < 1.29 is 19.5 Å². The number of hydrogen-bond donors (Lipinski definition) is 3. The van der Waals surface area contributed by atoms with Gasteiger partial charge in [-0.3, -0.25) is 9.59 Å². The summed E-state index contributed by atoms with van der Waals surface area (Å²) in [6, 6.07) is -0.601.